The van der Waals surface area contributed by atoms with Crippen LogP contribution in [0.1, 0.15) is 101 Å². The van der Waals surface area contributed by atoms with Crippen LogP contribution in [-0.2, 0) is 74.0 Å². The molecule has 0 radical (unpaired) electrons. The molecule has 5 rings (SSSR count). The number of pyridine rings is 2. The summed E-state index contributed by atoms with van der Waals surface area (Å²) in [5, 5.41) is 40.0. The van der Waals surface area contributed by atoms with Gasteiger partial charge in [0, 0.05) is 11.1 Å². The fourth-order valence-electron chi connectivity index (χ4n) is 5.33. The standard InChI is InChI=1S/C18H21NO7.C14H17NO6.C2H4.CH2O3.2K.H/c1-5-18(24)11-6-12-13(20)9(15(22)26-17(2,3)4)7-19(12)14(21)10(11)8-25-16(18)23;1-3-5-20-12(17)10-6-9-8(11(16)15-10)7-21-13(18)14(9,19)4-2;1-2;2-1-4-3;;;/h6,20,24H,5,7-8H2,1-4H3;6,19H,3-5,7H2,1-2H3,(H,15,16);1-2H2;1,3H;;;/q;;;;2*+1;-1/p-1/t18-;14-;;;;;/m00...../s1. The predicted molar refractivity (Wildman–Crippen MR) is 181 cm³/mol. The van der Waals surface area contributed by atoms with Gasteiger partial charge in [-0.1, -0.05) is 20.8 Å². The zero-order valence-corrected chi connectivity index (χ0v) is 38.4. The van der Waals surface area contributed by atoms with E-state index in [0.29, 0.717) is 6.42 Å². The summed E-state index contributed by atoms with van der Waals surface area (Å²) in [6.07, 6.45) is 0.684. The van der Waals surface area contributed by atoms with Gasteiger partial charge in [-0.25, -0.2) is 19.2 Å². The van der Waals surface area contributed by atoms with E-state index in [9.17, 15) is 44.1 Å². The number of rotatable bonds is 7. The number of carbonyl (C=O) groups is 5. The number of H-pyrrole nitrogens is 1. The Kier molecular flexibility index (Phi) is 21.6. The van der Waals surface area contributed by atoms with Crippen LogP contribution in [-0.4, -0.2) is 67.4 Å². The Labute approximate surface area is 402 Å². The molecule has 0 aromatic carbocycles. The molecule has 0 unspecified atom stereocenters. The van der Waals surface area contributed by atoms with Crippen LogP contribution in [0.15, 0.2) is 40.5 Å². The first-order valence-corrected chi connectivity index (χ1v) is 16.2. The van der Waals surface area contributed by atoms with Gasteiger partial charge < -0.3 is 55.4 Å². The number of nitrogens with one attached hydrogen (secondary N) is 1. The minimum Gasteiger partial charge on any atom is -1.00 e. The van der Waals surface area contributed by atoms with Gasteiger partial charge in [-0.15, -0.1) is 13.2 Å². The summed E-state index contributed by atoms with van der Waals surface area (Å²) >= 11 is 0. The normalized spacial score (nSPS) is 18.7. The average molecular weight is 827 g/mol. The van der Waals surface area contributed by atoms with Gasteiger partial charge >= 0.3 is 127 Å². The molecule has 2 aromatic heterocycles. The van der Waals surface area contributed by atoms with Crippen LogP contribution < -0.4 is 119 Å². The van der Waals surface area contributed by atoms with E-state index in [-0.39, 0.29) is 189 Å². The number of hydrogen-bond donors (Lipinski definition) is 4. The van der Waals surface area contributed by atoms with E-state index >= 15 is 0 Å². The van der Waals surface area contributed by atoms with Crippen molar-refractivity contribution in [2.45, 2.75) is 97.4 Å². The summed E-state index contributed by atoms with van der Waals surface area (Å²) in [4.78, 5) is 86.4. The number of aliphatic hydroxyl groups excluding tert-OH is 1. The first-order chi connectivity index (χ1) is 24.8. The molecule has 0 saturated heterocycles. The third-order valence-electron chi connectivity index (χ3n) is 8.01. The van der Waals surface area contributed by atoms with Crippen molar-refractivity contribution in [3.8, 4) is 0 Å². The fraction of sp³-hybridized carbons (Fsp3) is 0.457. The van der Waals surface area contributed by atoms with Gasteiger partial charge in [0.15, 0.2) is 17.0 Å². The molecule has 3 aliphatic rings. The van der Waals surface area contributed by atoms with Crippen molar-refractivity contribution in [3.05, 3.63) is 85.2 Å². The number of fused-ring (bicyclic) bond motifs is 3. The van der Waals surface area contributed by atoms with E-state index in [1.165, 1.54) is 16.7 Å². The maximum Gasteiger partial charge on any atom is 1.00 e. The van der Waals surface area contributed by atoms with E-state index in [1.54, 1.807) is 34.6 Å². The SMILES string of the molecule is C=C.CCCOC(=O)c1cc2c(c(=O)[nH]1)COC(=O)[C@]2(O)CC.CC[C@@]1(O)C(=O)OCc2c1cc1n(c2=O)CC(C(=O)OC(C)(C)C)=C1O.O=CO[O-].[H-].[K+].[K+]. The molecule has 0 aliphatic carbocycles. The summed E-state index contributed by atoms with van der Waals surface area (Å²) in [7, 11) is 0. The van der Waals surface area contributed by atoms with Crippen LogP contribution in [0.4, 0.5) is 0 Å². The maximum absolute atomic E-state index is 12.8. The van der Waals surface area contributed by atoms with E-state index in [1.807, 2.05) is 6.92 Å². The third kappa shape index (κ3) is 11.9. The molecular weight excluding hydrogens is 783 g/mol. The Bertz CT molecular complexity index is 1900. The Hall–Kier alpha value is -2.32. The van der Waals surface area contributed by atoms with Gasteiger partial charge in [0.2, 0.25) is 0 Å². The average Bonchev–Trinajstić information content (AvgIpc) is 3.47. The maximum atomic E-state index is 12.8. The Morgan fingerprint density at radius 2 is 1.45 bits per heavy atom. The van der Waals surface area contributed by atoms with Crippen LogP contribution in [0.25, 0.3) is 5.76 Å². The summed E-state index contributed by atoms with van der Waals surface area (Å²) < 4.78 is 21.2. The molecule has 0 fully saturated rings. The first kappa shape index (κ1) is 52.7. The molecule has 3 aliphatic heterocycles. The Morgan fingerprint density at radius 3 is 1.91 bits per heavy atom. The number of ether oxygens (including phenoxy) is 4. The van der Waals surface area contributed by atoms with Crippen LogP contribution in [0.5, 0.6) is 0 Å². The van der Waals surface area contributed by atoms with Crippen LogP contribution in [0, 0.1) is 0 Å². The number of aromatic amines is 1. The minimum atomic E-state index is -1.96. The van der Waals surface area contributed by atoms with Crippen LogP contribution >= 0.6 is 0 Å². The summed E-state index contributed by atoms with van der Waals surface area (Å²) in [6.45, 7) is 15.5. The quantitative estimate of drug-likeness (QED) is 0.0388. The molecular formula is C35H44K2N2O16. The van der Waals surface area contributed by atoms with Crippen molar-refractivity contribution in [2.75, 3.05) is 6.61 Å². The van der Waals surface area contributed by atoms with E-state index in [0.717, 1.165) is 0 Å². The number of aliphatic hydroxyl groups is 3. The molecule has 2 aromatic rings. The Morgan fingerprint density at radius 1 is 0.964 bits per heavy atom. The molecule has 0 amide bonds. The predicted octanol–water partition coefficient (Wildman–Crippen LogP) is -4.92. The number of carbonyl (C=O) groups excluding carboxylic acids is 5. The topological polar surface area (TPSA) is 270 Å². The van der Waals surface area contributed by atoms with Gasteiger partial charge in [-0.05, 0) is 52.2 Å². The summed E-state index contributed by atoms with van der Waals surface area (Å²) in [5.41, 5.74) is -5.32. The second-order valence-corrected chi connectivity index (χ2v) is 12.5. The molecule has 18 nitrogen and oxygen atoms in total. The molecule has 0 bridgehead atoms. The van der Waals surface area contributed by atoms with E-state index in [4.69, 9.17) is 29.0 Å². The minimum absolute atomic E-state index is 0. The Balaban J connectivity index is 0. The van der Waals surface area contributed by atoms with Gasteiger partial charge in [-0.2, -0.15) is 0 Å². The second-order valence-electron chi connectivity index (χ2n) is 12.5. The van der Waals surface area contributed by atoms with Gasteiger partial charge in [0.05, 0.1) is 30.0 Å². The van der Waals surface area contributed by atoms with Gasteiger partial charge in [-0.3, -0.25) is 14.4 Å². The number of aromatic nitrogens is 2. The molecule has 2 atom stereocenters. The molecule has 4 N–H and O–H groups in total. The van der Waals surface area contributed by atoms with Gasteiger partial charge in [0.1, 0.15) is 30.1 Å². The van der Waals surface area contributed by atoms with Crippen LogP contribution in [0.2, 0.25) is 0 Å². The summed E-state index contributed by atoms with van der Waals surface area (Å²) in [5.74, 6) is -3.48. The number of esters is 4. The zero-order valence-electron chi connectivity index (χ0n) is 33.2. The van der Waals surface area contributed by atoms with Crippen molar-refractivity contribution in [1.29, 1.82) is 0 Å². The summed E-state index contributed by atoms with van der Waals surface area (Å²) in [6, 6.07) is 2.66. The van der Waals surface area contributed by atoms with Crippen molar-refractivity contribution in [2.24, 2.45) is 0 Å². The smallest absolute Gasteiger partial charge is 1.00 e. The van der Waals surface area contributed by atoms with Crippen molar-refractivity contribution >= 4 is 36.1 Å². The molecule has 0 spiro atoms. The number of nitrogens with zero attached hydrogens (tertiary/aromatic N) is 1. The first-order valence-electron chi connectivity index (χ1n) is 16.2. The van der Waals surface area contributed by atoms with Crippen molar-refractivity contribution in [3.63, 3.8) is 0 Å². The molecule has 292 valence electrons. The van der Waals surface area contributed by atoms with Crippen molar-refractivity contribution in [1.82, 2.24) is 9.55 Å². The second kappa shape index (κ2) is 22.6. The third-order valence-corrected chi connectivity index (χ3v) is 8.01. The molecule has 0 saturated carbocycles. The molecule has 5 heterocycles. The van der Waals surface area contributed by atoms with E-state index < -0.39 is 57.6 Å². The van der Waals surface area contributed by atoms with Gasteiger partial charge in [0.25, 0.3) is 17.6 Å². The molecule has 55 heavy (non-hydrogen) atoms. The number of hydrogen-bond acceptors (Lipinski definition) is 16. The van der Waals surface area contributed by atoms with Crippen LogP contribution in [0.3, 0.4) is 0 Å². The van der Waals surface area contributed by atoms with E-state index in [2.05, 4.69) is 23.0 Å². The monoisotopic (exact) mass is 826 g/mol. The molecule has 20 heteroatoms. The van der Waals surface area contributed by atoms with Crippen molar-refractivity contribution < 1.29 is 173 Å². The zero-order chi connectivity index (χ0) is 40.5. The number of cyclic esters (lactones) is 2. The fourth-order valence-corrected chi connectivity index (χ4v) is 5.33. The largest absolute Gasteiger partial charge is 1.00 e.